The van der Waals surface area contributed by atoms with Gasteiger partial charge in [-0.05, 0) is 30.9 Å². The fourth-order valence-corrected chi connectivity index (χ4v) is 3.31. The monoisotopic (exact) mass is 352 g/mol. The highest BCUT2D eigenvalue weighted by Gasteiger charge is 2.14. The van der Waals surface area contributed by atoms with Crippen LogP contribution in [-0.4, -0.2) is 30.0 Å². The zero-order chi connectivity index (χ0) is 18.2. The zero-order valence-electron chi connectivity index (χ0n) is 14.8. The predicted molar refractivity (Wildman–Crippen MR) is 101 cm³/mol. The molecule has 0 saturated heterocycles. The van der Waals surface area contributed by atoms with Crippen LogP contribution >= 0.6 is 0 Å². The highest BCUT2D eigenvalue weighted by Crippen LogP contribution is 2.22. The number of carbonyl (C=O) groups is 2. The maximum absolute atomic E-state index is 11.9. The molecule has 1 aromatic carbocycles. The van der Waals surface area contributed by atoms with Gasteiger partial charge in [-0.25, -0.2) is 4.79 Å². The number of benzene rings is 1. The van der Waals surface area contributed by atoms with Crippen molar-refractivity contribution in [2.45, 2.75) is 32.1 Å². The molecule has 0 aliphatic heterocycles. The molecule has 1 amide bonds. The molecular weight excluding hydrogens is 328 g/mol. The van der Waals surface area contributed by atoms with E-state index in [1.54, 1.807) is 12.3 Å². The minimum Gasteiger partial charge on any atom is -0.452 e. The quantitative estimate of drug-likeness (QED) is 0.638. The lowest BCUT2D eigenvalue weighted by Crippen LogP contribution is -2.33. The minimum absolute atomic E-state index is 0.246. The molecule has 1 N–H and O–H groups in total. The van der Waals surface area contributed by atoms with Gasteiger partial charge in [-0.2, -0.15) is 0 Å². The number of para-hydroxylation sites is 1. The third-order valence-electron chi connectivity index (χ3n) is 4.72. The first kappa shape index (κ1) is 18.1. The van der Waals surface area contributed by atoms with E-state index < -0.39 is 5.97 Å². The van der Waals surface area contributed by atoms with Gasteiger partial charge in [-0.15, -0.1) is 0 Å². The summed E-state index contributed by atoms with van der Waals surface area (Å²) in [6, 6.07) is 9.60. The van der Waals surface area contributed by atoms with Gasteiger partial charge in [0, 0.05) is 29.8 Å². The van der Waals surface area contributed by atoms with Crippen molar-refractivity contribution in [2.24, 2.45) is 5.92 Å². The van der Waals surface area contributed by atoms with Crippen LogP contribution in [0.4, 0.5) is 0 Å². The predicted octanol–water partition coefficient (Wildman–Crippen LogP) is 3.49. The number of hydrogen-bond donors (Lipinski definition) is 1. The third-order valence-corrected chi connectivity index (χ3v) is 4.72. The van der Waals surface area contributed by atoms with E-state index in [0.717, 1.165) is 16.5 Å². The van der Waals surface area contributed by atoms with Crippen molar-refractivity contribution in [3.05, 3.63) is 48.2 Å². The van der Waals surface area contributed by atoms with E-state index in [-0.39, 0.29) is 12.5 Å². The molecule has 136 valence electrons. The molecule has 1 fully saturated rings. The van der Waals surface area contributed by atoms with E-state index in [9.17, 15) is 9.59 Å². The van der Waals surface area contributed by atoms with Crippen LogP contribution in [0.1, 0.15) is 37.7 Å². The van der Waals surface area contributed by atoms with Crippen molar-refractivity contribution in [1.29, 1.82) is 0 Å². The average Bonchev–Trinajstić information content (AvgIpc) is 2.70. The Bertz CT molecular complexity index is 789. The molecule has 1 saturated carbocycles. The fraction of sp³-hybridized carbons (Fsp3) is 0.381. The lowest BCUT2D eigenvalue weighted by atomic mass is 9.89. The molecule has 1 heterocycles. The van der Waals surface area contributed by atoms with Crippen molar-refractivity contribution < 1.29 is 14.3 Å². The number of nitrogens with zero attached hydrogens (tertiary/aromatic N) is 1. The average molecular weight is 352 g/mol. The Labute approximate surface area is 153 Å². The number of nitrogens with one attached hydrogen (secondary N) is 1. The summed E-state index contributed by atoms with van der Waals surface area (Å²) in [7, 11) is 0. The van der Waals surface area contributed by atoms with Crippen molar-refractivity contribution in [2.75, 3.05) is 13.2 Å². The van der Waals surface area contributed by atoms with Gasteiger partial charge >= 0.3 is 5.97 Å². The fourth-order valence-electron chi connectivity index (χ4n) is 3.31. The summed E-state index contributed by atoms with van der Waals surface area (Å²) < 4.78 is 5.02. The van der Waals surface area contributed by atoms with Crippen LogP contribution in [0, 0.1) is 5.92 Å². The number of aromatic nitrogens is 1. The molecule has 1 aliphatic carbocycles. The van der Waals surface area contributed by atoms with Crippen molar-refractivity contribution in [3.8, 4) is 0 Å². The van der Waals surface area contributed by atoms with Crippen LogP contribution in [0.15, 0.2) is 42.6 Å². The van der Waals surface area contributed by atoms with E-state index >= 15 is 0 Å². The van der Waals surface area contributed by atoms with Gasteiger partial charge in [-0.1, -0.05) is 43.5 Å². The summed E-state index contributed by atoms with van der Waals surface area (Å²) in [5, 5.41) is 3.86. The molecule has 0 bridgehead atoms. The molecule has 0 spiro atoms. The zero-order valence-corrected chi connectivity index (χ0v) is 14.8. The Morgan fingerprint density at radius 1 is 1.15 bits per heavy atom. The lowest BCUT2D eigenvalue weighted by Gasteiger charge is -2.21. The maximum Gasteiger partial charge on any atom is 0.331 e. The number of esters is 1. The second kappa shape index (κ2) is 9.13. The topological polar surface area (TPSA) is 68.3 Å². The standard InChI is InChI=1S/C21H24N2O3/c24-19(23-14-16-6-2-1-3-7-16)15-26-20(25)12-11-18-9-4-8-17-10-5-13-22-21(17)18/h4-5,8-13,16H,1-3,6-7,14-15H2,(H,23,24)/b12-11+. The van der Waals surface area contributed by atoms with Gasteiger partial charge < -0.3 is 10.1 Å². The summed E-state index contributed by atoms with van der Waals surface area (Å²) in [6.45, 7) is 0.428. The Morgan fingerprint density at radius 2 is 1.96 bits per heavy atom. The molecule has 0 unspecified atom stereocenters. The largest absolute Gasteiger partial charge is 0.452 e. The maximum atomic E-state index is 11.9. The number of fused-ring (bicyclic) bond motifs is 1. The minimum atomic E-state index is -0.536. The van der Waals surface area contributed by atoms with Gasteiger partial charge in [0.2, 0.25) is 0 Å². The summed E-state index contributed by atoms with van der Waals surface area (Å²) in [5.74, 6) is -0.225. The Kier molecular flexibility index (Phi) is 6.36. The van der Waals surface area contributed by atoms with Gasteiger partial charge in [-0.3, -0.25) is 9.78 Å². The van der Waals surface area contributed by atoms with Crippen LogP contribution in [0.2, 0.25) is 0 Å². The normalized spacial score (nSPS) is 15.2. The van der Waals surface area contributed by atoms with E-state index in [2.05, 4.69) is 10.3 Å². The number of pyridine rings is 1. The van der Waals surface area contributed by atoms with Crippen LogP contribution in [0.25, 0.3) is 17.0 Å². The third kappa shape index (κ3) is 5.15. The number of amides is 1. The number of carbonyl (C=O) groups excluding carboxylic acids is 2. The number of ether oxygens (including phenoxy) is 1. The van der Waals surface area contributed by atoms with Crippen molar-refractivity contribution in [3.63, 3.8) is 0 Å². The van der Waals surface area contributed by atoms with Crippen LogP contribution in [0.3, 0.4) is 0 Å². The highest BCUT2D eigenvalue weighted by atomic mass is 16.5. The highest BCUT2D eigenvalue weighted by molar-refractivity contribution is 5.93. The Balaban J connectivity index is 1.46. The first-order valence-corrected chi connectivity index (χ1v) is 9.17. The summed E-state index contributed by atoms with van der Waals surface area (Å²) in [6.07, 6.45) is 10.8. The first-order chi connectivity index (χ1) is 12.7. The van der Waals surface area contributed by atoms with E-state index in [1.807, 2.05) is 30.3 Å². The van der Waals surface area contributed by atoms with Crippen LogP contribution in [-0.2, 0) is 14.3 Å². The lowest BCUT2D eigenvalue weighted by molar-refractivity contribution is -0.143. The molecular formula is C21H24N2O3. The van der Waals surface area contributed by atoms with Gasteiger partial charge in [0.05, 0.1) is 5.52 Å². The van der Waals surface area contributed by atoms with Crippen LogP contribution in [0.5, 0.6) is 0 Å². The van der Waals surface area contributed by atoms with E-state index in [4.69, 9.17) is 4.74 Å². The second-order valence-electron chi connectivity index (χ2n) is 6.67. The molecule has 0 radical (unpaired) electrons. The second-order valence-corrected chi connectivity index (χ2v) is 6.67. The Hall–Kier alpha value is -2.69. The number of hydrogen-bond acceptors (Lipinski definition) is 4. The molecule has 0 atom stereocenters. The summed E-state index contributed by atoms with van der Waals surface area (Å²) in [4.78, 5) is 28.0. The van der Waals surface area contributed by atoms with Crippen LogP contribution < -0.4 is 5.32 Å². The van der Waals surface area contributed by atoms with E-state index in [0.29, 0.717) is 12.5 Å². The summed E-state index contributed by atoms with van der Waals surface area (Å²) >= 11 is 0. The molecule has 3 rings (SSSR count). The Morgan fingerprint density at radius 3 is 2.81 bits per heavy atom. The number of rotatable bonds is 6. The molecule has 1 aromatic heterocycles. The van der Waals surface area contributed by atoms with E-state index in [1.165, 1.54) is 38.2 Å². The van der Waals surface area contributed by atoms with Gasteiger partial charge in [0.1, 0.15) is 0 Å². The molecule has 5 nitrogen and oxygen atoms in total. The molecule has 26 heavy (non-hydrogen) atoms. The van der Waals surface area contributed by atoms with Crippen molar-refractivity contribution in [1.82, 2.24) is 10.3 Å². The van der Waals surface area contributed by atoms with Gasteiger partial charge in [0.15, 0.2) is 6.61 Å². The summed E-state index contributed by atoms with van der Waals surface area (Å²) in [5.41, 5.74) is 1.66. The molecule has 2 aromatic rings. The smallest absolute Gasteiger partial charge is 0.331 e. The van der Waals surface area contributed by atoms with Crippen molar-refractivity contribution >= 4 is 28.9 Å². The SMILES string of the molecule is O=C(COC(=O)/C=C/c1cccc2cccnc12)NCC1CCCCC1. The molecule has 1 aliphatic rings. The molecule has 5 heteroatoms. The first-order valence-electron chi connectivity index (χ1n) is 9.17. The van der Waals surface area contributed by atoms with Gasteiger partial charge in [0.25, 0.3) is 5.91 Å².